The predicted octanol–water partition coefficient (Wildman–Crippen LogP) is 2.06. The standard InChI is InChI=1S/C12H15FN2O/c1-3-5-15(4-2)12(16)9-6-10(13)8-11(14)7-9/h3,6-8H,1,4-5,14H2,2H3. The Hall–Kier alpha value is -1.84. The SMILES string of the molecule is C=CCN(CC)C(=O)c1cc(N)cc(F)c1. The average molecular weight is 222 g/mol. The van der Waals surface area contributed by atoms with Crippen LogP contribution in [0.5, 0.6) is 0 Å². The van der Waals surface area contributed by atoms with Gasteiger partial charge in [0.15, 0.2) is 0 Å². The maximum atomic E-state index is 13.1. The van der Waals surface area contributed by atoms with Gasteiger partial charge in [-0.15, -0.1) is 6.58 Å². The summed E-state index contributed by atoms with van der Waals surface area (Å²) >= 11 is 0. The topological polar surface area (TPSA) is 46.3 Å². The molecular formula is C12H15FN2O. The molecular weight excluding hydrogens is 207 g/mol. The van der Waals surface area contributed by atoms with E-state index in [1.54, 1.807) is 11.0 Å². The summed E-state index contributed by atoms with van der Waals surface area (Å²) in [5, 5.41) is 0. The minimum Gasteiger partial charge on any atom is -0.399 e. The molecule has 2 N–H and O–H groups in total. The smallest absolute Gasteiger partial charge is 0.254 e. The van der Waals surface area contributed by atoms with Gasteiger partial charge >= 0.3 is 0 Å². The van der Waals surface area contributed by atoms with Gasteiger partial charge in [0, 0.05) is 24.3 Å². The van der Waals surface area contributed by atoms with E-state index in [-0.39, 0.29) is 17.2 Å². The van der Waals surface area contributed by atoms with Gasteiger partial charge < -0.3 is 10.6 Å². The Bertz CT molecular complexity index is 384. The molecule has 0 aliphatic heterocycles. The average Bonchev–Trinajstić information content (AvgIpc) is 2.23. The molecule has 0 unspecified atom stereocenters. The zero-order chi connectivity index (χ0) is 12.1. The number of rotatable bonds is 4. The first-order valence-corrected chi connectivity index (χ1v) is 5.04. The maximum absolute atomic E-state index is 13.1. The van der Waals surface area contributed by atoms with Crippen molar-refractivity contribution in [1.82, 2.24) is 4.90 Å². The number of likely N-dealkylation sites (N-methyl/N-ethyl adjacent to an activating group) is 1. The highest BCUT2D eigenvalue weighted by molar-refractivity contribution is 5.95. The van der Waals surface area contributed by atoms with E-state index < -0.39 is 5.82 Å². The van der Waals surface area contributed by atoms with Crippen LogP contribution in [0.25, 0.3) is 0 Å². The number of nitrogen functional groups attached to an aromatic ring is 1. The number of hydrogen-bond donors (Lipinski definition) is 1. The van der Waals surface area contributed by atoms with E-state index in [9.17, 15) is 9.18 Å². The molecule has 0 heterocycles. The first kappa shape index (κ1) is 12.2. The van der Waals surface area contributed by atoms with Crippen molar-refractivity contribution in [2.45, 2.75) is 6.92 Å². The van der Waals surface area contributed by atoms with Crippen LogP contribution in [0.1, 0.15) is 17.3 Å². The fourth-order valence-electron chi connectivity index (χ4n) is 1.43. The van der Waals surface area contributed by atoms with Crippen LogP contribution in [0.3, 0.4) is 0 Å². The number of carbonyl (C=O) groups is 1. The Morgan fingerprint density at radius 3 is 2.75 bits per heavy atom. The number of halogens is 1. The van der Waals surface area contributed by atoms with Crippen LogP contribution in [-0.4, -0.2) is 23.9 Å². The van der Waals surface area contributed by atoms with Crippen LogP contribution in [0, 0.1) is 5.82 Å². The number of hydrogen-bond acceptors (Lipinski definition) is 2. The molecule has 3 nitrogen and oxygen atoms in total. The van der Waals surface area contributed by atoms with Crippen molar-refractivity contribution >= 4 is 11.6 Å². The molecule has 1 aromatic rings. The summed E-state index contributed by atoms with van der Waals surface area (Å²) in [6.07, 6.45) is 1.63. The van der Waals surface area contributed by atoms with Crippen molar-refractivity contribution in [2.75, 3.05) is 18.8 Å². The van der Waals surface area contributed by atoms with Crippen molar-refractivity contribution in [1.29, 1.82) is 0 Å². The zero-order valence-electron chi connectivity index (χ0n) is 9.24. The number of carbonyl (C=O) groups excluding carboxylic acids is 1. The quantitative estimate of drug-likeness (QED) is 0.626. The second-order valence-corrected chi connectivity index (χ2v) is 3.41. The highest BCUT2D eigenvalue weighted by Gasteiger charge is 2.13. The van der Waals surface area contributed by atoms with E-state index in [2.05, 4.69) is 6.58 Å². The molecule has 0 saturated heterocycles. The highest BCUT2D eigenvalue weighted by Crippen LogP contribution is 2.13. The molecule has 0 saturated carbocycles. The fourth-order valence-corrected chi connectivity index (χ4v) is 1.43. The van der Waals surface area contributed by atoms with Gasteiger partial charge in [0.05, 0.1) is 0 Å². The minimum atomic E-state index is -0.502. The highest BCUT2D eigenvalue weighted by atomic mass is 19.1. The molecule has 0 radical (unpaired) electrons. The number of amides is 1. The lowest BCUT2D eigenvalue weighted by Gasteiger charge is -2.19. The van der Waals surface area contributed by atoms with E-state index in [0.29, 0.717) is 13.1 Å². The number of benzene rings is 1. The summed E-state index contributed by atoms with van der Waals surface area (Å²) in [5.41, 5.74) is 6.00. The lowest BCUT2D eigenvalue weighted by molar-refractivity contribution is 0.0781. The molecule has 1 amide bonds. The second kappa shape index (κ2) is 5.30. The van der Waals surface area contributed by atoms with Crippen molar-refractivity contribution in [2.24, 2.45) is 0 Å². The summed E-state index contributed by atoms with van der Waals surface area (Å²) < 4.78 is 13.1. The third kappa shape index (κ3) is 2.82. The Kier molecular flexibility index (Phi) is 4.05. The summed E-state index contributed by atoms with van der Waals surface area (Å²) in [4.78, 5) is 13.5. The molecule has 86 valence electrons. The zero-order valence-corrected chi connectivity index (χ0v) is 9.24. The molecule has 0 aliphatic carbocycles. The van der Waals surface area contributed by atoms with Crippen LogP contribution in [-0.2, 0) is 0 Å². The lowest BCUT2D eigenvalue weighted by Crippen LogP contribution is -2.31. The lowest BCUT2D eigenvalue weighted by atomic mass is 10.1. The molecule has 4 heteroatoms. The Labute approximate surface area is 94.4 Å². The van der Waals surface area contributed by atoms with Crippen molar-refractivity contribution in [3.05, 3.63) is 42.2 Å². The minimum absolute atomic E-state index is 0.242. The van der Waals surface area contributed by atoms with Gasteiger partial charge in [-0.25, -0.2) is 4.39 Å². The van der Waals surface area contributed by atoms with Gasteiger partial charge in [0.1, 0.15) is 5.82 Å². The predicted molar refractivity (Wildman–Crippen MR) is 62.6 cm³/mol. The summed E-state index contributed by atoms with van der Waals surface area (Å²) in [6.45, 7) is 6.40. The van der Waals surface area contributed by atoms with Gasteiger partial charge in [0.2, 0.25) is 0 Å². The van der Waals surface area contributed by atoms with Crippen molar-refractivity contribution < 1.29 is 9.18 Å². The number of anilines is 1. The summed E-state index contributed by atoms with van der Waals surface area (Å²) in [6, 6.07) is 3.84. The molecule has 0 spiro atoms. The molecule has 0 bridgehead atoms. The second-order valence-electron chi connectivity index (χ2n) is 3.41. The molecule has 0 aromatic heterocycles. The first-order chi connectivity index (χ1) is 7.58. The molecule has 1 aromatic carbocycles. The van der Waals surface area contributed by atoms with E-state index in [1.165, 1.54) is 18.2 Å². The summed E-state index contributed by atoms with van der Waals surface area (Å²) in [5.74, 6) is -0.744. The van der Waals surface area contributed by atoms with Crippen molar-refractivity contribution in [3.63, 3.8) is 0 Å². The normalized spacial score (nSPS) is 9.88. The third-order valence-electron chi connectivity index (χ3n) is 2.19. The Morgan fingerprint density at radius 2 is 2.25 bits per heavy atom. The van der Waals surface area contributed by atoms with Crippen LogP contribution in [0.4, 0.5) is 10.1 Å². The van der Waals surface area contributed by atoms with Crippen molar-refractivity contribution in [3.8, 4) is 0 Å². The van der Waals surface area contributed by atoms with Crippen LogP contribution in [0.15, 0.2) is 30.9 Å². The van der Waals surface area contributed by atoms with Gasteiger partial charge in [-0.1, -0.05) is 6.08 Å². The summed E-state index contributed by atoms with van der Waals surface area (Å²) in [7, 11) is 0. The van der Waals surface area contributed by atoms with Gasteiger partial charge in [-0.2, -0.15) is 0 Å². The van der Waals surface area contributed by atoms with Gasteiger partial charge in [0.25, 0.3) is 5.91 Å². The Morgan fingerprint density at radius 1 is 1.56 bits per heavy atom. The van der Waals surface area contributed by atoms with Crippen LogP contribution >= 0.6 is 0 Å². The largest absolute Gasteiger partial charge is 0.399 e. The van der Waals surface area contributed by atoms with Crippen LogP contribution in [0.2, 0.25) is 0 Å². The number of nitrogens with zero attached hydrogens (tertiary/aromatic N) is 1. The molecule has 0 aliphatic rings. The number of nitrogens with two attached hydrogens (primary N) is 1. The molecule has 16 heavy (non-hydrogen) atoms. The maximum Gasteiger partial charge on any atom is 0.254 e. The van der Waals surface area contributed by atoms with E-state index >= 15 is 0 Å². The third-order valence-corrected chi connectivity index (χ3v) is 2.19. The van der Waals surface area contributed by atoms with E-state index in [1.807, 2.05) is 6.92 Å². The van der Waals surface area contributed by atoms with Crippen LogP contribution < -0.4 is 5.73 Å². The molecule has 0 atom stereocenters. The van der Waals surface area contributed by atoms with E-state index in [4.69, 9.17) is 5.73 Å². The van der Waals surface area contributed by atoms with Gasteiger partial charge in [-0.05, 0) is 25.1 Å². The van der Waals surface area contributed by atoms with E-state index in [0.717, 1.165) is 0 Å². The first-order valence-electron chi connectivity index (χ1n) is 5.04. The molecule has 1 rings (SSSR count). The van der Waals surface area contributed by atoms with Gasteiger partial charge in [-0.3, -0.25) is 4.79 Å². The Balaban J connectivity index is 2.98. The molecule has 0 fully saturated rings. The monoisotopic (exact) mass is 222 g/mol. The fraction of sp³-hybridized carbons (Fsp3) is 0.250.